The standard InChI is InChI=1S/C21H22ClN5O2/c1-2-23-21(29)25-13-6-3-7-14(12-13)27-19(17-10-5-11-24-17)26-16-9-4-8-15(22)18(16)20(27)28/h3-4,6-9,12,17,24H,2,5,10-11H2,1H3,(H2,23,25,29)/t17-/m0/s1. The molecule has 0 unspecified atom stereocenters. The number of nitrogens with zero attached hydrogens (tertiary/aromatic N) is 2. The number of carbonyl (C=O) groups is 1. The fourth-order valence-electron chi connectivity index (χ4n) is 3.65. The minimum Gasteiger partial charge on any atom is -0.338 e. The van der Waals surface area contributed by atoms with Gasteiger partial charge in [-0.05, 0) is 56.6 Å². The van der Waals surface area contributed by atoms with E-state index in [1.54, 1.807) is 41.0 Å². The summed E-state index contributed by atoms with van der Waals surface area (Å²) in [7, 11) is 0. The van der Waals surface area contributed by atoms with Crippen molar-refractivity contribution in [3.8, 4) is 5.69 Å². The van der Waals surface area contributed by atoms with Crippen molar-refractivity contribution in [2.75, 3.05) is 18.4 Å². The number of hydrogen-bond acceptors (Lipinski definition) is 4. The Labute approximate surface area is 173 Å². The molecule has 1 aliphatic heterocycles. The van der Waals surface area contributed by atoms with E-state index in [-0.39, 0.29) is 17.6 Å². The predicted octanol–water partition coefficient (Wildman–Crippen LogP) is 3.61. The van der Waals surface area contributed by atoms with E-state index in [4.69, 9.17) is 16.6 Å². The Morgan fingerprint density at radius 3 is 2.90 bits per heavy atom. The van der Waals surface area contributed by atoms with Gasteiger partial charge in [-0.15, -0.1) is 0 Å². The van der Waals surface area contributed by atoms with Crippen LogP contribution in [0.5, 0.6) is 0 Å². The largest absolute Gasteiger partial charge is 0.338 e. The van der Waals surface area contributed by atoms with E-state index in [9.17, 15) is 9.59 Å². The molecule has 2 amide bonds. The molecule has 1 saturated heterocycles. The van der Waals surface area contributed by atoms with Crippen LogP contribution in [0.1, 0.15) is 31.6 Å². The number of benzene rings is 2. The smallest absolute Gasteiger partial charge is 0.319 e. The summed E-state index contributed by atoms with van der Waals surface area (Å²) >= 11 is 6.33. The van der Waals surface area contributed by atoms with Crippen LogP contribution >= 0.6 is 11.6 Å². The van der Waals surface area contributed by atoms with Crippen LogP contribution in [0.2, 0.25) is 5.02 Å². The Bertz CT molecular complexity index is 1120. The van der Waals surface area contributed by atoms with Crippen LogP contribution in [0.15, 0.2) is 47.3 Å². The molecule has 150 valence electrons. The van der Waals surface area contributed by atoms with Crippen LogP contribution in [0, 0.1) is 0 Å². The molecule has 1 aromatic heterocycles. The highest BCUT2D eigenvalue weighted by atomic mass is 35.5. The van der Waals surface area contributed by atoms with Gasteiger partial charge >= 0.3 is 6.03 Å². The number of aromatic nitrogens is 2. The molecule has 2 heterocycles. The zero-order valence-corrected chi connectivity index (χ0v) is 16.8. The molecule has 0 aliphatic carbocycles. The molecule has 7 nitrogen and oxygen atoms in total. The molecule has 0 radical (unpaired) electrons. The molecule has 3 aromatic rings. The Hall–Kier alpha value is -2.90. The van der Waals surface area contributed by atoms with Gasteiger partial charge < -0.3 is 16.0 Å². The molecule has 0 saturated carbocycles. The summed E-state index contributed by atoms with van der Waals surface area (Å²) in [6.07, 6.45) is 1.92. The van der Waals surface area contributed by atoms with Crippen LogP contribution in [0.3, 0.4) is 0 Å². The second-order valence-corrected chi connectivity index (χ2v) is 7.34. The molecule has 29 heavy (non-hydrogen) atoms. The van der Waals surface area contributed by atoms with E-state index >= 15 is 0 Å². The quantitative estimate of drug-likeness (QED) is 0.612. The van der Waals surface area contributed by atoms with Crippen LogP contribution in [0.4, 0.5) is 10.5 Å². The van der Waals surface area contributed by atoms with Gasteiger partial charge in [0.25, 0.3) is 5.56 Å². The van der Waals surface area contributed by atoms with Crippen molar-refractivity contribution in [1.82, 2.24) is 20.2 Å². The molecule has 0 bridgehead atoms. The highest BCUT2D eigenvalue weighted by Gasteiger charge is 2.24. The van der Waals surface area contributed by atoms with Gasteiger partial charge in [-0.25, -0.2) is 9.78 Å². The molecule has 4 rings (SSSR count). The van der Waals surface area contributed by atoms with Crippen molar-refractivity contribution in [3.05, 3.63) is 63.7 Å². The van der Waals surface area contributed by atoms with E-state index in [2.05, 4.69) is 16.0 Å². The predicted molar refractivity (Wildman–Crippen MR) is 115 cm³/mol. The van der Waals surface area contributed by atoms with Crippen LogP contribution < -0.4 is 21.5 Å². The summed E-state index contributed by atoms with van der Waals surface area (Å²) < 4.78 is 1.60. The summed E-state index contributed by atoms with van der Waals surface area (Å²) in [4.78, 5) is 30.2. The molecule has 1 aliphatic rings. The van der Waals surface area contributed by atoms with Crippen LogP contribution in [-0.2, 0) is 0 Å². The average molecular weight is 412 g/mol. The highest BCUT2D eigenvalue weighted by Crippen LogP contribution is 2.27. The fraction of sp³-hybridized carbons (Fsp3) is 0.286. The lowest BCUT2D eigenvalue weighted by molar-refractivity contribution is 0.252. The van der Waals surface area contributed by atoms with Gasteiger partial charge in [0.2, 0.25) is 0 Å². The van der Waals surface area contributed by atoms with Gasteiger partial charge in [-0.1, -0.05) is 23.7 Å². The van der Waals surface area contributed by atoms with Crippen molar-refractivity contribution >= 4 is 34.2 Å². The van der Waals surface area contributed by atoms with Gasteiger partial charge in [0.05, 0.1) is 27.7 Å². The summed E-state index contributed by atoms with van der Waals surface area (Å²) in [6, 6.07) is 12.1. The lowest BCUT2D eigenvalue weighted by atomic mass is 10.1. The van der Waals surface area contributed by atoms with Gasteiger partial charge in [0.15, 0.2) is 0 Å². The first kappa shape index (κ1) is 19.4. The molecular formula is C21H22ClN5O2. The minimum atomic E-state index is -0.297. The Kier molecular flexibility index (Phi) is 5.51. The van der Waals surface area contributed by atoms with Gasteiger partial charge in [-0.3, -0.25) is 9.36 Å². The zero-order chi connectivity index (χ0) is 20.4. The lowest BCUT2D eigenvalue weighted by Gasteiger charge is -2.19. The maximum Gasteiger partial charge on any atom is 0.319 e. The third-order valence-electron chi connectivity index (χ3n) is 4.94. The minimum absolute atomic E-state index is 0.0221. The van der Waals surface area contributed by atoms with Crippen molar-refractivity contribution in [3.63, 3.8) is 0 Å². The number of amides is 2. The summed E-state index contributed by atoms with van der Waals surface area (Å²) in [5, 5.41) is 9.65. The van der Waals surface area contributed by atoms with Gasteiger partial charge in [0.1, 0.15) is 5.82 Å². The zero-order valence-electron chi connectivity index (χ0n) is 16.0. The third-order valence-corrected chi connectivity index (χ3v) is 5.26. The number of hydrogen-bond donors (Lipinski definition) is 3. The Morgan fingerprint density at radius 1 is 1.31 bits per heavy atom. The summed E-state index contributed by atoms with van der Waals surface area (Å²) in [6.45, 7) is 3.25. The van der Waals surface area contributed by atoms with Crippen molar-refractivity contribution in [2.24, 2.45) is 0 Å². The number of nitrogens with one attached hydrogen (secondary N) is 3. The van der Waals surface area contributed by atoms with Crippen molar-refractivity contribution in [1.29, 1.82) is 0 Å². The number of rotatable bonds is 4. The maximum absolute atomic E-state index is 13.5. The first-order valence-electron chi connectivity index (χ1n) is 9.68. The first-order chi connectivity index (χ1) is 14.1. The molecule has 8 heteroatoms. The molecule has 1 atom stereocenters. The molecule has 0 spiro atoms. The van der Waals surface area contributed by atoms with E-state index in [0.29, 0.717) is 39.7 Å². The first-order valence-corrected chi connectivity index (χ1v) is 10.1. The Balaban J connectivity index is 1.89. The molecule has 3 N–H and O–H groups in total. The third kappa shape index (κ3) is 3.83. The monoisotopic (exact) mass is 411 g/mol. The molecule has 1 fully saturated rings. The molecule has 2 aromatic carbocycles. The van der Waals surface area contributed by atoms with E-state index in [1.807, 2.05) is 13.0 Å². The topological polar surface area (TPSA) is 88.1 Å². The van der Waals surface area contributed by atoms with Gasteiger partial charge in [-0.2, -0.15) is 0 Å². The summed E-state index contributed by atoms with van der Waals surface area (Å²) in [5.74, 6) is 0.650. The van der Waals surface area contributed by atoms with Crippen molar-refractivity contribution in [2.45, 2.75) is 25.8 Å². The molecular weight excluding hydrogens is 390 g/mol. The van der Waals surface area contributed by atoms with E-state index < -0.39 is 0 Å². The normalized spacial score (nSPS) is 16.1. The van der Waals surface area contributed by atoms with Crippen LogP contribution in [0.25, 0.3) is 16.6 Å². The van der Waals surface area contributed by atoms with E-state index in [0.717, 1.165) is 19.4 Å². The van der Waals surface area contributed by atoms with Crippen LogP contribution in [-0.4, -0.2) is 28.7 Å². The second-order valence-electron chi connectivity index (χ2n) is 6.93. The highest BCUT2D eigenvalue weighted by molar-refractivity contribution is 6.35. The lowest BCUT2D eigenvalue weighted by Crippen LogP contribution is -2.30. The van der Waals surface area contributed by atoms with Gasteiger partial charge in [0, 0.05) is 12.2 Å². The Morgan fingerprint density at radius 2 is 2.14 bits per heavy atom. The SMILES string of the molecule is CCNC(=O)Nc1cccc(-n2c([C@@H]3CCCN3)nc3cccc(Cl)c3c2=O)c1. The average Bonchev–Trinajstić information content (AvgIpc) is 3.23. The second kappa shape index (κ2) is 8.23. The fourth-order valence-corrected chi connectivity index (χ4v) is 3.90. The number of halogens is 1. The maximum atomic E-state index is 13.5. The number of fused-ring (bicyclic) bond motifs is 1. The number of urea groups is 1. The number of anilines is 1. The summed E-state index contributed by atoms with van der Waals surface area (Å²) in [5.41, 5.74) is 1.57. The number of carbonyl (C=O) groups excluding carboxylic acids is 1. The van der Waals surface area contributed by atoms with Crippen molar-refractivity contribution < 1.29 is 4.79 Å². The van der Waals surface area contributed by atoms with E-state index in [1.165, 1.54) is 0 Å².